The van der Waals surface area contributed by atoms with Crippen LogP contribution in [0.25, 0.3) is 0 Å². The second kappa shape index (κ2) is 7.10. The van der Waals surface area contributed by atoms with Crippen LogP contribution in [0.1, 0.15) is 18.6 Å². The fourth-order valence-corrected chi connectivity index (χ4v) is 2.23. The van der Waals surface area contributed by atoms with Crippen LogP contribution in [0.4, 0.5) is 0 Å². The van der Waals surface area contributed by atoms with Crippen molar-refractivity contribution in [3.8, 4) is 5.75 Å². The number of H-pyrrole nitrogens is 1. The molecule has 1 heterocycles. The van der Waals surface area contributed by atoms with Gasteiger partial charge in [0.15, 0.2) is 0 Å². The van der Waals surface area contributed by atoms with Gasteiger partial charge < -0.3 is 15.2 Å². The minimum absolute atomic E-state index is 0.125. The van der Waals surface area contributed by atoms with E-state index in [2.05, 4.69) is 9.88 Å². The van der Waals surface area contributed by atoms with Crippen LogP contribution in [0.2, 0.25) is 0 Å². The van der Waals surface area contributed by atoms with E-state index >= 15 is 0 Å². The average Bonchev–Trinajstić information content (AvgIpc) is 2.88. The summed E-state index contributed by atoms with van der Waals surface area (Å²) >= 11 is 0. The summed E-state index contributed by atoms with van der Waals surface area (Å²) < 4.78 is 1.60. The van der Waals surface area contributed by atoms with Gasteiger partial charge in [0.2, 0.25) is 0 Å². The molecular weight excluding hydrogens is 270 g/mol. The predicted octanol–water partition coefficient (Wildman–Crippen LogP) is 0.937. The number of hydrogen-bond donors (Lipinski definition) is 3. The van der Waals surface area contributed by atoms with Gasteiger partial charge in [-0.25, -0.2) is 4.79 Å². The van der Waals surface area contributed by atoms with Gasteiger partial charge in [-0.3, -0.25) is 9.47 Å². The van der Waals surface area contributed by atoms with Crippen LogP contribution in [0.15, 0.2) is 41.5 Å². The lowest BCUT2D eigenvalue weighted by Gasteiger charge is -2.23. The molecule has 0 aliphatic carbocycles. The van der Waals surface area contributed by atoms with Gasteiger partial charge in [0.05, 0.1) is 6.10 Å². The van der Waals surface area contributed by atoms with Gasteiger partial charge in [-0.2, -0.15) is 0 Å². The third kappa shape index (κ3) is 4.21. The maximum absolute atomic E-state index is 11.4. The number of aliphatic hydroxyl groups is 1. The minimum Gasteiger partial charge on any atom is -0.508 e. The number of nitrogens with one attached hydrogen (secondary N) is 1. The van der Waals surface area contributed by atoms with Crippen molar-refractivity contribution < 1.29 is 10.2 Å². The minimum atomic E-state index is -0.667. The fraction of sp³-hybridized carbons (Fsp3) is 0.400. The molecule has 0 amide bonds. The smallest absolute Gasteiger partial charge is 0.325 e. The Morgan fingerprint density at radius 1 is 1.43 bits per heavy atom. The average molecular weight is 291 g/mol. The third-order valence-electron chi connectivity index (χ3n) is 3.51. The molecule has 2 aromatic rings. The van der Waals surface area contributed by atoms with Gasteiger partial charge in [-0.1, -0.05) is 19.1 Å². The first-order chi connectivity index (χ1) is 10.1. The second-order valence-electron chi connectivity index (χ2n) is 4.96. The maximum Gasteiger partial charge on any atom is 0.325 e. The zero-order valence-corrected chi connectivity index (χ0v) is 12.1. The van der Waals surface area contributed by atoms with Gasteiger partial charge in [0.1, 0.15) is 5.75 Å². The molecule has 114 valence electrons. The molecule has 1 aromatic carbocycles. The van der Waals surface area contributed by atoms with E-state index < -0.39 is 6.10 Å². The van der Waals surface area contributed by atoms with Gasteiger partial charge in [0, 0.05) is 32.0 Å². The van der Waals surface area contributed by atoms with Crippen molar-refractivity contribution in [2.24, 2.45) is 0 Å². The largest absolute Gasteiger partial charge is 0.508 e. The molecule has 3 N–H and O–H groups in total. The Morgan fingerprint density at radius 2 is 2.24 bits per heavy atom. The van der Waals surface area contributed by atoms with Crippen molar-refractivity contribution in [3.63, 3.8) is 0 Å². The van der Waals surface area contributed by atoms with Crippen LogP contribution < -0.4 is 5.69 Å². The van der Waals surface area contributed by atoms with Gasteiger partial charge in [-0.15, -0.1) is 0 Å². The van der Waals surface area contributed by atoms with Crippen molar-refractivity contribution in [3.05, 3.63) is 52.7 Å². The third-order valence-corrected chi connectivity index (χ3v) is 3.51. The first kappa shape index (κ1) is 15.3. The highest BCUT2D eigenvalue weighted by atomic mass is 16.3. The number of phenols is 1. The highest BCUT2D eigenvalue weighted by molar-refractivity contribution is 5.28. The molecule has 21 heavy (non-hydrogen) atoms. The Balaban J connectivity index is 1.92. The summed E-state index contributed by atoms with van der Waals surface area (Å²) in [6.07, 6.45) is 2.65. The molecule has 6 heteroatoms. The lowest BCUT2D eigenvalue weighted by Crippen LogP contribution is -2.33. The molecule has 0 bridgehead atoms. The quantitative estimate of drug-likeness (QED) is 0.709. The van der Waals surface area contributed by atoms with E-state index in [9.17, 15) is 15.0 Å². The van der Waals surface area contributed by atoms with E-state index in [0.29, 0.717) is 25.2 Å². The summed E-state index contributed by atoms with van der Waals surface area (Å²) in [5.74, 6) is 0.147. The Kier molecular flexibility index (Phi) is 5.19. The molecular formula is C15H21N3O3. The molecule has 0 aliphatic rings. The van der Waals surface area contributed by atoms with Crippen molar-refractivity contribution in [1.82, 2.24) is 14.5 Å². The number of imidazole rings is 1. The summed E-state index contributed by atoms with van der Waals surface area (Å²) in [5.41, 5.74) is 0.562. The summed E-state index contributed by atoms with van der Waals surface area (Å²) in [6, 6.07) is 6.64. The van der Waals surface area contributed by atoms with E-state index in [1.54, 1.807) is 41.2 Å². The van der Waals surface area contributed by atoms with Crippen molar-refractivity contribution >= 4 is 0 Å². The van der Waals surface area contributed by atoms with E-state index in [4.69, 9.17) is 0 Å². The summed E-state index contributed by atoms with van der Waals surface area (Å²) in [5, 5.41) is 19.7. The summed E-state index contributed by atoms with van der Waals surface area (Å²) in [4.78, 5) is 16.1. The zero-order valence-electron chi connectivity index (χ0n) is 12.1. The molecule has 1 aromatic heterocycles. The Hall–Kier alpha value is -2.05. The van der Waals surface area contributed by atoms with Gasteiger partial charge in [-0.05, 0) is 24.2 Å². The number of likely N-dealkylation sites (N-methyl/N-ethyl adjacent to an activating group) is 1. The highest BCUT2D eigenvalue weighted by Gasteiger charge is 2.13. The van der Waals surface area contributed by atoms with Crippen molar-refractivity contribution in [1.29, 1.82) is 0 Å². The molecule has 0 spiro atoms. The van der Waals surface area contributed by atoms with E-state index in [-0.39, 0.29) is 11.4 Å². The molecule has 0 unspecified atom stereocenters. The molecule has 0 fully saturated rings. The number of phenolic OH excluding ortho intramolecular Hbond substituents is 1. The van der Waals surface area contributed by atoms with Crippen molar-refractivity contribution in [2.75, 3.05) is 19.6 Å². The predicted molar refractivity (Wildman–Crippen MR) is 80.2 cm³/mol. The molecule has 1 atom stereocenters. The summed E-state index contributed by atoms with van der Waals surface area (Å²) in [7, 11) is 0. The number of aromatic nitrogens is 2. The number of hydrogen-bond acceptors (Lipinski definition) is 4. The Labute approximate surface area is 123 Å². The van der Waals surface area contributed by atoms with Crippen LogP contribution in [0.5, 0.6) is 5.75 Å². The normalized spacial score (nSPS) is 12.7. The number of rotatable bonds is 7. The molecule has 6 nitrogen and oxygen atoms in total. The Morgan fingerprint density at radius 3 is 2.86 bits per heavy atom. The van der Waals surface area contributed by atoms with E-state index in [1.165, 1.54) is 0 Å². The van der Waals surface area contributed by atoms with Crippen LogP contribution in [0, 0.1) is 0 Å². The monoisotopic (exact) mass is 291 g/mol. The van der Waals surface area contributed by atoms with Crippen LogP contribution in [-0.2, 0) is 6.54 Å². The molecule has 0 saturated heterocycles. The van der Waals surface area contributed by atoms with E-state index in [1.807, 2.05) is 6.92 Å². The van der Waals surface area contributed by atoms with Gasteiger partial charge in [0.25, 0.3) is 0 Å². The first-order valence-electron chi connectivity index (χ1n) is 7.03. The summed E-state index contributed by atoms with van der Waals surface area (Å²) in [6.45, 7) is 4.48. The SMILES string of the molecule is CCN(CCn1cc[nH]c1=O)C[C@@H](O)c1cccc(O)c1. The number of nitrogens with zero attached hydrogens (tertiary/aromatic N) is 2. The zero-order chi connectivity index (χ0) is 15.2. The number of aromatic hydroxyl groups is 1. The molecule has 0 radical (unpaired) electrons. The van der Waals surface area contributed by atoms with Crippen molar-refractivity contribution in [2.45, 2.75) is 19.6 Å². The van der Waals surface area contributed by atoms with Crippen LogP contribution in [0.3, 0.4) is 0 Å². The second-order valence-corrected chi connectivity index (χ2v) is 4.96. The number of aromatic amines is 1. The number of benzene rings is 1. The molecule has 2 rings (SSSR count). The van der Waals surface area contributed by atoms with Crippen LogP contribution in [-0.4, -0.2) is 44.3 Å². The lowest BCUT2D eigenvalue weighted by atomic mass is 10.1. The molecule has 0 aliphatic heterocycles. The standard InChI is InChI=1S/C15H21N3O3/c1-2-17(8-9-18-7-6-16-15(18)21)11-14(20)12-4-3-5-13(19)10-12/h3-7,10,14,19-20H,2,8-9,11H2,1H3,(H,16,21)/t14-/m1/s1. The lowest BCUT2D eigenvalue weighted by molar-refractivity contribution is 0.113. The highest BCUT2D eigenvalue weighted by Crippen LogP contribution is 2.19. The molecule has 0 saturated carbocycles. The van der Waals surface area contributed by atoms with E-state index in [0.717, 1.165) is 6.54 Å². The Bertz CT molecular complexity index is 620. The topological polar surface area (TPSA) is 81.5 Å². The van der Waals surface area contributed by atoms with Gasteiger partial charge >= 0.3 is 5.69 Å². The number of aliphatic hydroxyl groups excluding tert-OH is 1. The fourth-order valence-electron chi connectivity index (χ4n) is 2.23. The maximum atomic E-state index is 11.4. The van der Waals surface area contributed by atoms with Crippen LogP contribution >= 0.6 is 0 Å². The first-order valence-corrected chi connectivity index (χ1v) is 7.03.